The average Bonchev–Trinajstić information content (AvgIpc) is 3.38. The molecule has 4 heteroatoms. The molecule has 3 N–H and O–H groups in total. The van der Waals surface area contributed by atoms with E-state index < -0.39 is 5.41 Å². The lowest BCUT2D eigenvalue weighted by Gasteiger charge is -2.37. The van der Waals surface area contributed by atoms with Gasteiger partial charge in [-0.25, -0.2) is 0 Å². The van der Waals surface area contributed by atoms with Gasteiger partial charge in [-0.15, -0.1) is 0 Å². The first-order valence-corrected chi connectivity index (χ1v) is 7.95. The van der Waals surface area contributed by atoms with Crippen LogP contribution in [0.2, 0.25) is 0 Å². The van der Waals surface area contributed by atoms with Gasteiger partial charge in [0, 0.05) is 6.54 Å². The van der Waals surface area contributed by atoms with Crippen molar-refractivity contribution >= 4 is 5.91 Å². The highest BCUT2D eigenvalue weighted by Gasteiger charge is 2.41. The number of carbonyl (C=O) groups excluding carboxylic acids is 1. The number of aliphatic hydroxyl groups excluding tert-OH is 1. The van der Waals surface area contributed by atoms with Crippen LogP contribution in [0.15, 0.2) is 30.3 Å². The standard InChI is InChI=1S/C17H24N2O2/c20-15(13-6-7-13)12-19-16(21)17(8-10-18-11-9-17)14-4-2-1-3-5-14/h1-5,13,15,18,20H,6-12H2,(H,19,21). The van der Waals surface area contributed by atoms with Gasteiger partial charge in [0.2, 0.25) is 5.91 Å². The molecule has 2 fully saturated rings. The Balaban J connectivity index is 1.73. The number of carbonyl (C=O) groups is 1. The number of benzene rings is 1. The zero-order valence-electron chi connectivity index (χ0n) is 12.3. The van der Waals surface area contributed by atoms with Crippen LogP contribution in [-0.2, 0) is 10.2 Å². The summed E-state index contributed by atoms with van der Waals surface area (Å²) in [5.41, 5.74) is 0.639. The van der Waals surface area contributed by atoms with Crippen LogP contribution in [0.4, 0.5) is 0 Å². The van der Waals surface area contributed by atoms with Crippen molar-refractivity contribution in [2.75, 3.05) is 19.6 Å². The van der Waals surface area contributed by atoms with E-state index in [4.69, 9.17) is 0 Å². The molecule has 3 rings (SSSR count). The van der Waals surface area contributed by atoms with Crippen molar-refractivity contribution in [2.45, 2.75) is 37.2 Å². The molecule has 1 atom stereocenters. The van der Waals surface area contributed by atoms with Gasteiger partial charge < -0.3 is 15.7 Å². The second-order valence-corrected chi connectivity index (χ2v) is 6.31. The van der Waals surface area contributed by atoms with Gasteiger partial charge in [-0.05, 0) is 50.3 Å². The first-order chi connectivity index (χ1) is 10.2. The van der Waals surface area contributed by atoms with Crippen LogP contribution >= 0.6 is 0 Å². The SMILES string of the molecule is O=C(NCC(O)C1CC1)C1(c2ccccc2)CCNCC1. The smallest absolute Gasteiger partial charge is 0.230 e. The number of rotatable bonds is 5. The maximum Gasteiger partial charge on any atom is 0.230 e. The molecule has 1 aromatic rings. The molecule has 1 saturated carbocycles. The van der Waals surface area contributed by atoms with Gasteiger partial charge in [-0.2, -0.15) is 0 Å². The zero-order valence-corrected chi connectivity index (χ0v) is 12.3. The quantitative estimate of drug-likeness (QED) is 0.763. The Morgan fingerprint density at radius 1 is 1.29 bits per heavy atom. The summed E-state index contributed by atoms with van der Waals surface area (Å²) in [5, 5.41) is 16.3. The molecule has 1 amide bonds. The molecule has 1 aliphatic heterocycles. The van der Waals surface area contributed by atoms with Gasteiger partial charge in [0.05, 0.1) is 11.5 Å². The minimum Gasteiger partial charge on any atom is -0.391 e. The van der Waals surface area contributed by atoms with E-state index >= 15 is 0 Å². The Morgan fingerprint density at radius 2 is 1.95 bits per heavy atom. The highest BCUT2D eigenvalue weighted by atomic mass is 16.3. The second-order valence-electron chi connectivity index (χ2n) is 6.31. The van der Waals surface area contributed by atoms with Crippen LogP contribution in [0.1, 0.15) is 31.2 Å². The number of piperidine rings is 1. The van der Waals surface area contributed by atoms with E-state index in [1.54, 1.807) is 0 Å². The van der Waals surface area contributed by atoms with E-state index in [1.807, 2.05) is 30.3 Å². The average molecular weight is 288 g/mol. The lowest BCUT2D eigenvalue weighted by atomic mass is 9.72. The Bertz CT molecular complexity index is 479. The normalized spacial score (nSPS) is 22.5. The van der Waals surface area contributed by atoms with Gasteiger partial charge in [0.15, 0.2) is 0 Å². The molecule has 1 saturated heterocycles. The molecule has 4 nitrogen and oxygen atoms in total. The van der Waals surface area contributed by atoms with Crippen LogP contribution in [0.3, 0.4) is 0 Å². The van der Waals surface area contributed by atoms with E-state index in [1.165, 1.54) is 0 Å². The molecule has 1 aliphatic carbocycles. The number of nitrogens with one attached hydrogen (secondary N) is 2. The Hall–Kier alpha value is -1.39. The molecule has 0 radical (unpaired) electrons. The molecule has 114 valence electrons. The summed E-state index contributed by atoms with van der Waals surface area (Å²) in [7, 11) is 0. The summed E-state index contributed by atoms with van der Waals surface area (Å²) in [5.74, 6) is 0.459. The summed E-state index contributed by atoms with van der Waals surface area (Å²) < 4.78 is 0. The van der Waals surface area contributed by atoms with Crippen molar-refractivity contribution in [2.24, 2.45) is 5.92 Å². The Kier molecular flexibility index (Phi) is 4.27. The monoisotopic (exact) mass is 288 g/mol. The maximum atomic E-state index is 12.8. The van der Waals surface area contributed by atoms with Gasteiger partial charge in [0.25, 0.3) is 0 Å². The van der Waals surface area contributed by atoms with Gasteiger partial charge in [0.1, 0.15) is 0 Å². The number of amides is 1. The minimum absolute atomic E-state index is 0.0647. The first kappa shape index (κ1) is 14.5. The summed E-state index contributed by atoms with van der Waals surface area (Å²) in [6.07, 6.45) is 3.41. The van der Waals surface area contributed by atoms with E-state index in [0.29, 0.717) is 12.5 Å². The molecule has 1 unspecified atom stereocenters. The third-order valence-corrected chi connectivity index (χ3v) is 4.86. The van der Waals surface area contributed by atoms with Crippen molar-refractivity contribution in [3.8, 4) is 0 Å². The van der Waals surface area contributed by atoms with Gasteiger partial charge >= 0.3 is 0 Å². The third-order valence-electron chi connectivity index (χ3n) is 4.86. The third kappa shape index (κ3) is 3.11. The van der Waals surface area contributed by atoms with E-state index in [0.717, 1.165) is 44.3 Å². The van der Waals surface area contributed by atoms with E-state index in [2.05, 4.69) is 10.6 Å². The number of hydrogen-bond donors (Lipinski definition) is 3. The molecule has 0 spiro atoms. The highest BCUT2D eigenvalue weighted by Crippen LogP contribution is 2.35. The Labute approximate surface area is 125 Å². The van der Waals surface area contributed by atoms with E-state index in [-0.39, 0.29) is 12.0 Å². The summed E-state index contributed by atoms with van der Waals surface area (Å²) in [6.45, 7) is 2.09. The van der Waals surface area contributed by atoms with Crippen molar-refractivity contribution in [3.63, 3.8) is 0 Å². The molecule has 0 bridgehead atoms. The van der Waals surface area contributed by atoms with Crippen LogP contribution in [0.25, 0.3) is 0 Å². The fraction of sp³-hybridized carbons (Fsp3) is 0.588. The summed E-state index contributed by atoms with van der Waals surface area (Å²) >= 11 is 0. The Morgan fingerprint density at radius 3 is 2.57 bits per heavy atom. The highest BCUT2D eigenvalue weighted by molar-refractivity contribution is 5.88. The predicted molar refractivity (Wildman–Crippen MR) is 82.0 cm³/mol. The van der Waals surface area contributed by atoms with Crippen LogP contribution < -0.4 is 10.6 Å². The molecule has 21 heavy (non-hydrogen) atoms. The largest absolute Gasteiger partial charge is 0.391 e. The molecular formula is C17H24N2O2. The fourth-order valence-electron chi connectivity index (χ4n) is 3.27. The number of hydrogen-bond acceptors (Lipinski definition) is 3. The van der Waals surface area contributed by atoms with Crippen molar-refractivity contribution in [1.29, 1.82) is 0 Å². The maximum absolute atomic E-state index is 12.8. The zero-order chi connectivity index (χ0) is 14.7. The molecular weight excluding hydrogens is 264 g/mol. The first-order valence-electron chi connectivity index (χ1n) is 7.95. The van der Waals surface area contributed by atoms with Crippen LogP contribution in [-0.4, -0.2) is 36.8 Å². The van der Waals surface area contributed by atoms with Gasteiger partial charge in [-0.1, -0.05) is 30.3 Å². The van der Waals surface area contributed by atoms with E-state index in [9.17, 15) is 9.90 Å². The van der Waals surface area contributed by atoms with Crippen LogP contribution in [0, 0.1) is 5.92 Å². The van der Waals surface area contributed by atoms with Crippen molar-refractivity contribution in [3.05, 3.63) is 35.9 Å². The lowest BCUT2D eigenvalue weighted by Crippen LogP contribution is -2.52. The summed E-state index contributed by atoms with van der Waals surface area (Å²) in [6, 6.07) is 10.0. The lowest BCUT2D eigenvalue weighted by molar-refractivity contribution is -0.128. The molecule has 2 aliphatic rings. The van der Waals surface area contributed by atoms with Gasteiger partial charge in [-0.3, -0.25) is 4.79 Å². The summed E-state index contributed by atoms with van der Waals surface area (Å²) in [4.78, 5) is 12.8. The predicted octanol–water partition coefficient (Wildman–Crippen LogP) is 1.19. The molecule has 1 heterocycles. The number of aliphatic hydroxyl groups is 1. The molecule has 0 aromatic heterocycles. The fourth-order valence-corrected chi connectivity index (χ4v) is 3.27. The molecule has 1 aromatic carbocycles. The minimum atomic E-state index is -0.449. The van der Waals surface area contributed by atoms with Crippen molar-refractivity contribution < 1.29 is 9.90 Å². The van der Waals surface area contributed by atoms with Crippen molar-refractivity contribution in [1.82, 2.24) is 10.6 Å². The topological polar surface area (TPSA) is 61.4 Å². The van der Waals surface area contributed by atoms with Crippen LogP contribution in [0.5, 0.6) is 0 Å². The second kappa shape index (κ2) is 6.16.